The molecule has 1 aliphatic carbocycles. The third-order valence-electron chi connectivity index (χ3n) is 4.31. The molecule has 18 heavy (non-hydrogen) atoms. The van der Waals surface area contributed by atoms with E-state index in [1.165, 1.54) is 38.6 Å². The van der Waals surface area contributed by atoms with Crippen LogP contribution in [0.3, 0.4) is 0 Å². The van der Waals surface area contributed by atoms with E-state index in [1.54, 1.807) is 0 Å². The molecule has 2 nitrogen and oxygen atoms in total. The monoisotopic (exact) mass is 254 g/mol. The second-order valence-corrected chi connectivity index (χ2v) is 7.28. The zero-order valence-corrected chi connectivity index (χ0v) is 13.2. The summed E-state index contributed by atoms with van der Waals surface area (Å²) in [5, 5.41) is 0. The number of hydrogen-bond acceptors (Lipinski definition) is 2. The Morgan fingerprint density at radius 2 is 1.67 bits per heavy atom. The molecular weight excluding hydrogens is 220 g/mol. The smallest absolute Gasteiger partial charge is 0.0309 e. The van der Waals surface area contributed by atoms with E-state index in [-0.39, 0.29) is 5.54 Å². The van der Waals surface area contributed by atoms with Crippen LogP contribution in [0.1, 0.15) is 66.7 Å². The van der Waals surface area contributed by atoms with Gasteiger partial charge in [-0.2, -0.15) is 0 Å². The summed E-state index contributed by atoms with van der Waals surface area (Å²) in [7, 11) is 0. The Labute approximate surface area is 114 Å². The molecule has 2 N–H and O–H groups in total. The minimum Gasteiger partial charge on any atom is -0.329 e. The third kappa shape index (κ3) is 4.24. The van der Waals surface area contributed by atoms with Crippen molar-refractivity contribution in [2.24, 2.45) is 17.6 Å². The van der Waals surface area contributed by atoms with Gasteiger partial charge in [0.15, 0.2) is 0 Å². The lowest BCUT2D eigenvalue weighted by Gasteiger charge is -2.46. The van der Waals surface area contributed by atoms with Crippen LogP contribution in [0, 0.1) is 11.8 Å². The van der Waals surface area contributed by atoms with E-state index in [0.29, 0.717) is 0 Å². The molecule has 108 valence electrons. The van der Waals surface area contributed by atoms with Crippen LogP contribution in [0.4, 0.5) is 0 Å². The van der Waals surface area contributed by atoms with Gasteiger partial charge >= 0.3 is 0 Å². The minimum absolute atomic E-state index is 0.188. The first-order chi connectivity index (χ1) is 8.39. The van der Waals surface area contributed by atoms with Gasteiger partial charge in [0, 0.05) is 24.7 Å². The average Bonchev–Trinajstić information content (AvgIpc) is 2.77. The van der Waals surface area contributed by atoms with Gasteiger partial charge in [0.25, 0.3) is 0 Å². The molecule has 0 aromatic heterocycles. The average molecular weight is 254 g/mol. The SMILES string of the molecule is CC(C)CN(C1CCCC1)C(C)(CN)CC(C)C. The fraction of sp³-hybridized carbons (Fsp3) is 1.00. The molecule has 0 amide bonds. The lowest BCUT2D eigenvalue weighted by Crippen LogP contribution is -2.57. The summed E-state index contributed by atoms with van der Waals surface area (Å²) in [4.78, 5) is 2.75. The molecule has 1 unspecified atom stereocenters. The second kappa shape index (κ2) is 6.91. The van der Waals surface area contributed by atoms with E-state index in [4.69, 9.17) is 5.73 Å². The van der Waals surface area contributed by atoms with Gasteiger partial charge in [0.05, 0.1) is 0 Å². The summed E-state index contributed by atoms with van der Waals surface area (Å²) in [6.45, 7) is 13.7. The quantitative estimate of drug-likeness (QED) is 0.751. The molecule has 1 fully saturated rings. The molecule has 0 aromatic carbocycles. The van der Waals surface area contributed by atoms with Gasteiger partial charge in [0.1, 0.15) is 0 Å². The first kappa shape index (κ1) is 16.0. The second-order valence-electron chi connectivity index (χ2n) is 7.28. The van der Waals surface area contributed by atoms with Crippen LogP contribution in [-0.2, 0) is 0 Å². The van der Waals surface area contributed by atoms with Crippen molar-refractivity contribution in [2.45, 2.75) is 78.3 Å². The Balaban J connectivity index is 2.83. The maximum atomic E-state index is 6.16. The normalized spacial score (nSPS) is 21.2. The predicted molar refractivity (Wildman–Crippen MR) is 80.7 cm³/mol. The van der Waals surface area contributed by atoms with Crippen molar-refractivity contribution in [1.82, 2.24) is 4.90 Å². The Kier molecular flexibility index (Phi) is 6.13. The molecule has 1 atom stereocenters. The zero-order valence-electron chi connectivity index (χ0n) is 13.2. The van der Waals surface area contributed by atoms with Crippen molar-refractivity contribution >= 4 is 0 Å². The van der Waals surface area contributed by atoms with E-state index in [1.807, 2.05) is 0 Å². The number of rotatable bonds is 7. The highest BCUT2D eigenvalue weighted by molar-refractivity contribution is 4.93. The highest BCUT2D eigenvalue weighted by atomic mass is 15.2. The molecule has 0 aromatic rings. The highest BCUT2D eigenvalue weighted by Gasteiger charge is 2.37. The van der Waals surface area contributed by atoms with Crippen molar-refractivity contribution in [3.8, 4) is 0 Å². The van der Waals surface area contributed by atoms with Crippen LogP contribution in [0.25, 0.3) is 0 Å². The molecule has 0 heterocycles. The molecule has 0 bridgehead atoms. The standard InChI is InChI=1S/C16H34N2/c1-13(2)10-16(5,12-17)18(11-14(3)4)15-8-6-7-9-15/h13-15H,6-12,17H2,1-5H3. The Morgan fingerprint density at radius 1 is 1.11 bits per heavy atom. The van der Waals surface area contributed by atoms with E-state index in [9.17, 15) is 0 Å². The molecule has 0 spiro atoms. The lowest BCUT2D eigenvalue weighted by atomic mass is 9.86. The van der Waals surface area contributed by atoms with Crippen molar-refractivity contribution in [2.75, 3.05) is 13.1 Å². The van der Waals surface area contributed by atoms with Crippen molar-refractivity contribution in [3.05, 3.63) is 0 Å². The highest BCUT2D eigenvalue weighted by Crippen LogP contribution is 2.33. The van der Waals surface area contributed by atoms with Crippen LogP contribution in [-0.4, -0.2) is 29.6 Å². The summed E-state index contributed by atoms with van der Waals surface area (Å²) in [6.07, 6.45) is 6.77. The van der Waals surface area contributed by atoms with Crippen LogP contribution in [0.5, 0.6) is 0 Å². The van der Waals surface area contributed by atoms with E-state index < -0.39 is 0 Å². The summed E-state index contributed by atoms with van der Waals surface area (Å²) in [5.41, 5.74) is 6.35. The topological polar surface area (TPSA) is 29.3 Å². The fourth-order valence-corrected chi connectivity index (χ4v) is 3.62. The molecular formula is C16H34N2. The predicted octanol–water partition coefficient (Wildman–Crippen LogP) is 3.65. The Morgan fingerprint density at radius 3 is 2.06 bits per heavy atom. The van der Waals surface area contributed by atoms with E-state index in [0.717, 1.165) is 24.4 Å². The molecule has 0 radical (unpaired) electrons. The van der Waals surface area contributed by atoms with Crippen molar-refractivity contribution < 1.29 is 0 Å². The fourth-order valence-electron chi connectivity index (χ4n) is 3.62. The van der Waals surface area contributed by atoms with Gasteiger partial charge in [-0.05, 0) is 38.0 Å². The molecule has 1 rings (SSSR count). The van der Waals surface area contributed by atoms with E-state index >= 15 is 0 Å². The van der Waals surface area contributed by atoms with Gasteiger partial charge in [0.2, 0.25) is 0 Å². The first-order valence-corrected chi connectivity index (χ1v) is 7.86. The largest absolute Gasteiger partial charge is 0.329 e. The van der Waals surface area contributed by atoms with Crippen LogP contribution in [0.2, 0.25) is 0 Å². The lowest BCUT2D eigenvalue weighted by molar-refractivity contribution is 0.0354. The molecule has 0 saturated heterocycles. The summed E-state index contributed by atoms with van der Waals surface area (Å²) >= 11 is 0. The zero-order chi connectivity index (χ0) is 13.8. The maximum absolute atomic E-state index is 6.16. The van der Waals surface area contributed by atoms with Crippen LogP contribution >= 0.6 is 0 Å². The van der Waals surface area contributed by atoms with Crippen molar-refractivity contribution in [3.63, 3.8) is 0 Å². The van der Waals surface area contributed by atoms with Gasteiger partial charge in [-0.3, -0.25) is 4.90 Å². The Bertz CT molecular complexity index is 231. The van der Waals surface area contributed by atoms with Gasteiger partial charge in [-0.1, -0.05) is 40.5 Å². The maximum Gasteiger partial charge on any atom is 0.0309 e. The van der Waals surface area contributed by atoms with Gasteiger partial charge in [-0.25, -0.2) is 0 Å². The first-order valence-electron chi connectivity index (χ1n) is 7.86. The molecule has 0 aliphatic heterocycles. The summed E-state index contributed by atoms with van der Waals surface area (Å²) in [6, 6.07) is 0.777. The molecule has 1 aliphatic rings. The van der Waals surface area contributed by atoms with E-state index in [2.05, 4.69) is 39.5 Å². The van der Waals surface area contributed by atoms with Gasteiger partial charge < -0.3 is 5.73 Å². The third-order valence-corrected chi connectivity index (χ3v) is 4.31. The summed E-state index contributed by atoms with van der Waals surface area (Å²) in [5.74, 6) is 1.44. The van der Waals surface area contributed by atoms with Gasteiger partial charge in [-0.15, -0.1) is 0 Å². The molecule has 2 heteroatoms. The number of nitrogens with two attached hydrogens (primary N) is 1. The van der Waals surface area contributed by atoms with Crippen molar-refractivity contribution in [1.29, 1.82) is 0 Å². The molecule has 1 saturated carbocycles. The minimum atomic E-state index is 0.188. The Hall–Kier alpha value is -0.0800. The van der Waals surface area contributed by atoms with Crippen LogP contribution < -0.4 is 5.73 Å². The number of hydrogen-bond donors (Lipinski definition) is 1. The summed E-state index contributed by atoms with van der Waals surface area (Å²) < 4.78 is 0. The van der Waals surface area contributed by atoms with Crippen LogP contribution in [0.15, 0.2) is 0 Å². The number of nitrogens with zero attached hydrogens (tertiary/aromatic N) is 1.